The summed E-state index contributed by atoms with van der Waals surface area (Å²) in [6.45, 7) is 0.448. The number of hydrogen-bond acceptors (Lipinski definition) is 5. The summed E-state index contributed by atoms with van der Waals surface area (Å²) in [5.74, 6) is 2.04. The van der Waals surface area contributed by atoms with Gasteiger partial charge in [0.05, 0.1) is 39.3 Å². The van der Waals surface area contributed by atoms with Gasteiger partial charge < -0.3 is 24.4 Å². The van der Waals surface area contributed by atoms with Crippen molar-refractivity contribution < 1.29 is 19.0 Å². The number of hydrogen-bond donors (Lipinski definition) is 1. The first kappa shape index (κ1) is 25.8. The van der Waals surface area contributed by atoms with Crippen LogP contribution in [0.3, 0.4) is 0 Å². The summed E-state index contributed by atoms with van der Waals surface area (Å²) in [7, 11) is 4.97. The minimum atomic E-state index is -0.263. The van der Waals surface area contributed by atoms with E-state index in [0.717, 1.165) is 40.3 Å². The number of nitrogens with one attached hydrogen (secondary N) is 1. The van der Waals surface area contributed by atoms with Gasteiger partial charge in [0.25, 0.3) is 0 Å². The Balaban J connectivity index is 1.45. The number of ether oxygens (including phenoxy) is 3. The predicted octanol–water partition coefficient (Wildman–Crippen LogP) is 5.91. The first-order chi connectivity index (χ1) is 19.6. The number of carbonyl (C=O) groups is 1. The van der Waals surface area contributed by atoms with E-state index in [1.54, 1.807) is 21.3 Å². The number of likely N-dealkylation sites (tertiary alicyclic amines) is 1. The molecule has 0 spiro atoms. The summed E-state index contributed by atoms with van der Waals surface area (Å²) < 4.78 is 16.6. The van der Waals surface area contributed by atoms with Crippen LogP contribution in [-0.2, 0) is 17.8 Å². The molecule has 2 aliphatic heterocycles. The Morgan fingerprint density at radius 1 is 0.775 bits per heavy atom. The Bertz CT molecular complexity index is 1490. The highest BCUT2D eigenvalue weighted by Gasteiger charge is 2.54. The van der Waals surface area contributed by atoms with Gasteiger partial charge in [-0.3, -0.25) is 4.79 Å². The van der Waals surface area contributed by atoms with E-state index in [2.05, 4.69) is 70.9 Å². The highest BCUT2D eigenvalue weighted by molar-refractivity contribution is 5.87. The number of benzene rings is 4. The zero-order chi connectivity index (χ0) is 27.6. The average Bonchev–Trinajstić information content (AvgIpc) is 3.26. The number of anilines is 1. The van der Waals surface area contributed by atoms with Crippen LogP contribution in [0.25, 0.3) is 0 Å². The molecule has 1 amide bonds. The van der Waals surface area contributed by atoms with Crippen molar-refractivity contribution in [2.45, 2.75) is 31.0 Å². The van der Waals surface area contributed by atoms with Crippen molar-refractivity contribution in [3.8, 4) is 17.2 Å². The molecule has 4 aromatic carbocycles. The Kier molecular flexibility index (Phi) is 7.08. The van der Waals surface area contributed by atoms with Crippen LogP contribution in [-0.4, -0.2) is 44.2 Å². The summed E-state index contributed by atoms with van der Waals surface area (Å²) in [6.07, 6.45) is 0.747. The van der Waals surface area contributed by atoms with E-state index in [0.29, 0.717) is 12.3 Å². The highest BCUT2D eigenvalue weighted by Crippen LogP contribution is 2.49. The maximum absolute atomic E-state index is 14.6. The fourth-order valence-electron chi connectivity index (χ4n) is 6.40. The average molecular weight is 535 g/mol. The second kappa shape index (κ2) is 11.0. The van der Waals surface area contributed by atoms with Gasteiger partial charge in [-0.25, -0.2) is 0 Å². The maximum atomic E-state index is 14.6. The van der Waals surface area contributed by atoms with Gasteiger partial charge >= 0.3 is 0 Å². The van der Waals surface area contributed by atoms with Crippen LogP contribution in [0.1, 0.15) is 28.2 Å². The third-order valence-electron chi connectivity index (χ3n) is 8.34. The van der Waals surface area contributed by atoms with Crippen LogP contribution >= 0.6 is 0 Å². The smallest absolute Gasteiger partial charge is 0.229 e. The molecule has 6 nitrogen and oxygen atoms in total. The lowest BCUT2D eigenvalue weighted by Crippen LogP contribution is -2.44. The van der Waals surface area contributed by atoms with E-state index in [1.165, 1.54) is 5.56 Å². The summed E-state index contributed by atoms with van der Waals surface area (Å²) in [5.41, 5.74) is 5.49. The van der Waals surface area contributed by atoms with Crippen molar-refractivity contribution in [2.24, 2.45) is 5.92 Å². The van der Waals surface area contributed by atoms with Crippen LogP contribution in [0, 0.1) is 5.92 Å². The molecular weight excluding hydrogens is 500 g/mol. The van der Waals surface area contributed by atoms with Crippen molar-refractivity contribution in [3.05, 3.63) is 119 Å². The topological polar surface area (TPSA) is 60.0 Å². The molecule has 0 bridgehead atoms. The van der Waals surface area contributed by atoms with Crippen molar-refractivity contribution in [1.82, 2.24) is 4.90 Å². The Hall–Kier alpha value is -4.45. The fraction of sp³-hybridized carbons (Fsp3) is 0.265. The molecule has 0 saturated carbocycles. The minimum Gasteiger partial charge on any atom is -0.497 e. The lowest BCUT2D eigenvalue weighted by molar-refractivity contribution is -0.133. The second-order valence-electron chi connectivity index (χ2n) is 10.4. The van der Waals surface area contributed by atoms with Gasteiger partial charge in [0.15, 0.2) is 0 Å². The quantitative estimate of drug-likeness (QED) is 0.305. The van der Waals surface area contributed by atoms with Crippen LogP contribution in [0.5, 0.6) is 17.2 Å². The SMILES string of the molecule is COc1ccc(C2c3ccccc3NC3C2C(=O)N(Cc2ccc(OC)cc2OC)[C@H]3Cc2ccccc2)cc1. The number of amides is 1. The molecule has 1 N–H and O–H groups in total. The molecule has 0 radical (unpaired) electrons. The number of fused-ring (bicyclic) bond motifs is 2. The molecule has 6 heteroatoms. The number of methoxy groups -OCH3 is 3. The van der Waals surface area contributed by atoms with Crippen LogP contribution < -0.4 is 19.5 Å². The molecule has 6 rings (SSSR count). The predicted molar refractivity (Wildman–Crippen MR) is 156 cm³/mol. The van der Waals surface area contributed by atoms with Gasteiger partial charge in [-0.1, -0.05) is 60.7 Å². The van der Waals surface area contributed by atoms with E-state index in [9.17, 15) is 4.79 Å². The molecular formula is C34H34N2O4. The lowest BCUT2D eigenvalue weighted by atomic mass is 9.73. The zero-order valence-electron chi connectivity index (χ0n) is 23.0. The number of carbonyl (C=O) groups excluding carboxylic acids is 1. The molecule has 40 heavy (non-hydrogen) atoms. The van der Waals surface area contributed by atoms with Gasteiger partial charge in [-0.15, -0.1) is 0 Å². The van der Waals surface area contributed by atoms with Crippen molar-refractivity contribution >= 4 is 11.6 Å². The Morgan fingerprint density at radius 2 is 1.48 bits per heavy atom. The number of nitrogens with zero attached hydrogens (tertiary/aromatic N) is 1. The lowest BCUT2D eigenvalue weighted by Gasteiger charge is -2.37. The molecule has 2 heterocycles. The molecule has 2 aliphatic rings. The molecule has 1 saturated heterocycles. The van der Waals surface area contributed by atoms with E-state index < -0.39 is 0 Å². The van der Waals surface area contributed by atoms with Crippen molar-refractivity contribution in [3.63, 3.8) is 0 Å². The monoisotopic (exact) mass is 534 g/mol. The third-order valence-corrected chi connectivity index (χ3v) is 8.34. The summed E-state index contributed by atoms with van der Waals surface area (Å²) >= 11 is 0. The minimum absolute atomic E-state index is 0.0548. The van der Waals surface area contributed by atoms with E-state index in [-0.39, 0.29) is 29.8 Å². The van der Waals surface area contributed by atoms with Gasteiger partial charge in [-0.2, -0.15) is 0 Å². The molecule has 3 unspecified atom stereocenters. The van der Waals surface area contributed by atoms with E-state index in [4.69, 9.17) is 14.2 Å². The van der Waals surface area contributed by atoms with Crippen molar-refractivity contribution in [1.29, 1.82) is 0 Å². The standard InChI is InChI=1S/C34H34N2O4/c1-38-25-16-13-23(14-17-25)31-27-11-7-8-12-28(27)35-33-29(19-22-9-5-4-6-10-22)36(34(37)32(31)33)21-24-15-18-26(39-2)20-30(24)40-3/h4-18,20,29,31-33,35H,19,21H2,1-3H3/t29-,31?,32?,33?/m0/s1. The van der Waals surface area contributed by atoms with Crippen LogP contribution in [0.15, 0.2) is 97.1 Å². The van der Waals surface area contributed by atoms with Crippen LogP contribution in [0.4, 0.5) is 5.69 Å². The number of rotatable bonds is 8. The van der Waals surface area contributed by atoms with E-state index >= 15 is 0 Å². The summed E-state index contributed by atoms with van der Waals surface area (Å²) in [4.78, 5) is 16.6. The summed E-state index contributed by atoms with van der Waals surface area (Å²) in [6, 6.07) is 32.6. The fourth-order valence-corrected chi connectivity index (χ4v) is 6.40. The van der Waals surface area contributed by atoms with Gasteiger partial charge in [-0.05, 0) is 53.4 Å². The molecule has 1 fully saturated rings. The first-order valence-corrected chi connectivity index (χ1v) is 13.7. The first-order valence-electron chi connectivity index (χ1n) is 13.7. The van der Waals surface area contributed by atoms with Crippen molar-refractivity contribution in [2.75, 3.05) is 26.6 Å². The highest BCUT2D eigenvalue weighted by atomic mass is 16.5. The largest absolute Gasteiger partial charge is 0.497 e. The Labute approximate surface area is 235 Å². The Morgan fingerprint density at radius 3 is 2.20 bits per heavy atom. The molecule has 204 valence electrons. The molecule has 0 aliphatic carbocycles. The normalized spacial score (nSPS) is 21.3. The molecule has 0 aromatic heterocycles. The molecule has 4 atom stereocenters. The molecule has 4 aromatic rings. The zero-order valence-corrected chi connectivity index (χ0v) is 23.0. The summed E-state index contributed by atoms with van der Waals surface area (Å²) in [5, 5.41) is 3.81. The van der Waals surface area contributed by atoms with Gasteiger partial charge in [0, 0.05) is 29.8 Å². The third kappa shape index (κ3) is 4.64. The van der Waals surface area contributed by atoms with E-state index in [1.807, 2.05) is 36.4 Å². The second-order valence-corrected chi connectivity index (χ2v) is 10.4. The van der Waals surface area contributed by atoms with Gasteiger partial charge in [0.2, 0.25) is 5.91 Å². The number of para-hydroxylation sites is 1. The van der Waals surface area contributed by atoms with Gasteiger partial charge in [0.1, 0.15) is 17.2 Å². The van der Waals surface area contributed by atoms with Crippen LogP contribution in [0.2, 0.25) is 0 Å². The maximum Gasteiger partial charge on any atom is 0.229 e.